The Labute approximate surface area is 120 Å². The second kappa shape index (κ2) is 6.73. The van der Waals surface area contributed by atoms with Gasteiger partial charge >= 0.3 is 0 Å². The number of alkyl halides is 1. The number of nitrogens with zero attached hydrogens (tertiary/aromatic N) is 1. The SMILES string of the molecule is O=S(=O)(c1ccccc1)N(CCCl)C1CCCCC1. The highest BCUT2D eigenvalue weighted by atomic mass is 35.5. The normalized spacial score (nSPS) is 17.8. The molecule has 0 heterocycles. The molecule has 0 atom stereocenters. The van der Waals surface area contributed by atoms with Gasteiger partial charge in [0, 0.05) is 18.5 Å². The summed E-state index contributed by atoms with van der Waals surface area (Å²) in [6, 6.07) is 8.75. The first-order chi connectivity index (χ1) is 9.16. The summed E-state index contributed by atoms with van der Waals surface area (Å²) in [5, 5.41) is 0. The van der Waals surface area contributed by atoms with E-state index in [2.05, 4.69) is 0 Å². The Hall–Kier alpha value is -0.580. The fraction of sp³-hybridized carbons (Fsp3) is 0.571. The molecule has 1 saturated carbocycles. The summed E-state index contributed by atoms with van der Waals surface area (Å²) < 4.78 is 27.0. The number of rotatable bonds is 5. The smallest absolute Gasteiger partial charge is 0.207 e. The van der Waals surface area contributed by atoms with Crippen molar-refractivity contribution in [3.63, 3.8) is 0 Å². The Morgan fingerprint density at radius 3 is 2.32 bits per heavy atom. The fourth-order valence-corrected chi connectivity index (χ4v) is 4.67. The Morgan fingerprint density at radius 1 is 1.11 bits per heavy atom. The number of benzene rings is 1. The summed E-state index contributed by atoms with van der Waals surface area (Å²) in [5.74, 6) is 0.336. The molecule has 0 saturated heterocycles. The van der Waals surface area contributed by atoms with Crippen molar-refractivity contribution in [1.29, 1.82) is 0 Å². The molecule has 0 aromatic heterocycles. The van der Waals surface area contributed by atoms with Crippen molar-refractivity contribution in [3.05, 3.63) is 30.3 Å². The number of halogens is 1. The molecule has 0 unspecified atom stereocenters. The summed E-state index contributed by atoms with van der Waals surface area (Å²) in [7, 11) is -3.41. The van der Waals surface area contributed by atoms with Crippen molar-refractivity contribution < 1.29 is 8.42 Å². The molecule has 1 aliphatic rings. The van der Waals surface area contributed by atoms with Crippen molar-refractivity contribution in [2.24, 2.45) is 0 Å². The summed E-state index contributed by atoms with van der Waals surface area (Å²) in [6.07, 6.45) is 5.31. The van der Waals surface area contributed by atoms with E-state index in [0.717, 1.165) is 25.7 Å². The van der Waals surface area contributed by atoms with E-state index < -0.39 is 10.0 Å². The highest BCUT2D eigenvalue weighted by Gasteiger charge is 2.31. The van der Waals surface area contributed by atoms with Gasteiger partial charge in [-0.05, 0) is 25.0 Å². The van der Waals surface area contributed by atoms with Gasteiger partial charge < -0.3 is 0 Å². The molecular formula is C14H20ClNO2S. The van der Waals surface area contributed by atoms with Crippen LogP contribution in [0.5, 0.6) is 0 Å². The molecule has 0 amide bonds. The van der Waals surface area contributed by atoms with Crippen LogP contribution < -0.4 is 0 Å². The summed E-state index contributed by atoms with van der Waals surface area (Å²) in [6.45, 7) is 0.392. The Bertz CT molecular complexity index is 483. The molecule has 0 aliphatic heterocycles. The van der Waals surface area contributed by atoms with Crippen molar-refractivity contribution in [3.8, 4) is 0 Å². The van der Waals surface area contributed by atoms with E-state index in [-0.39, 0.29) is 6.04 Å². The third-order valence-corrected chi connectivity index (χ3v) is 5.77. The predicted octanol–water partition coefficient (Wildman–Crippen LogP) is 3.25. The van der Waals surface area contributed by atoms with Crippen LogP contribution in [0.1, 0.15) is 32.1 Å². The average Bonchev–Trinajstić information content (AvgIpc) is 2.46. The lowest BCUT2D eigenvalue weighted by atomic mass is 9.95. The van der Waals surface area contributed by atoms with Gasteiger partial charge in [-0.15, -0.1) is 11.6 Å². The van der Waals surface area contributed by atoms with Gasteiger partial charge in [-0.2, -0.15) is 4.31 Å². The van der Waals surface area contributed by atoms with Gasteiger partial charge in [0.2, 0.25) is 10.0 Å². The second-order valence-corrected chi connectivity index (χ2v) is 7.18. The lowest BCUT2D eigenvalue weighted by Crippen LogP contribution is -2.42. The fourth-order valence-electron chi connectivity index (χ4n) is 2.68. The molecule has 2 rings (SSSR count). The van der Waals surface area contributed by atoms with E-state index in [4.69, 9.17) is 11.6 Å². The predicted molar refractivity (Wildman–Crippen MR) is 77.9 cm³/mol. The minimum absolute atomic E-state index is 0.109. The first-order valence-electron chi connectivity index (χ1n) is 6.79. The molecule has 1 aromatic carbocycles. The first kappa shape index (κ1) is 14.8. The molecule has 1 aromatic rings. The van der Waals surface area contributed by atoms with Gasteiger partial charge in [0.25, 0.3) is 0 Å². The zero-order chi connectivity index (χ0) is 13.7. The standard InChI is InChI=1S/C14H20ClNO2S/c15-11-12-16(13-7-3-1-4-8-13)19(17,18)14-9-5-2-6-10-14/h2,5-6,9-10,13H,1,3-4,7-8,11-12H2. The number of sulfonamides is 1. The van der Waals surface area contributed by atoms with E-state index in [1.165, 1.54) is 6.42 Å². The van der Waals surface area contributed by atoms with Gasteiger partial charge in [-0.25, -0.2) is 8.42 Å². The lowest BCUT2D eigenvalue weighted by Gasteiger charge is -2.33. The first-order valence-corrected chi connectivity index (χ1v) is 8.76. The molecule has 1 aliphatic carbocycles. The second-order valence-electron chi connectivity index (χ2n) is 4.91. The molecule has 0 bridgehead atoms. The zero-order valence-electron chi connectivity index (χ0n) is 11.0. The van der Waals surface area contributed by atoms with E-state index in [1.54, 1.807) is 28.6 Å². The summed E-state index contributed by atoms with van der Waals surface area (Å²) in [4.78, 5) is 0.366. The lowest BCUT2D eigenvalue weighted by molar-refractivity contribution is 0.262. The van der Waals surface area contributed by atoms with Crippen LogP contribution in [0.4, 0.5) is 0 Å². The molecule has 19 heavy (non-hydrogen) atoms. The van der Waals surface area contributed by atoms with Crippen LogP contribution in [0.25, 0.3) is 0 Å². The Morgan fingerprint density at radius 2 is 1.74 bits per heavy atom. The average molecular weight is 302 g/mol. The molecule has 106 valence electrons. The maximum atomic E-state index is 12.7. The van der Waals surface area contributed by atoms with Crippen molar-refractivity contribution in [2.45, 2.75) is 43.0 Å². The van der Waals surface area contributed by atoms with E-state index >= 15 is 0 Å². The van der Waals surface area contributed by atoms with Crippen molar-refractivity contribution in [2.75, 3.05) is 12.4 Å². The molecule has 0 N–H and O–H groups in total. The van der Waals surface area contributed by atoms with Crippen LogP contribution in [0.15, 0.2) is 35.2 Å². The van der Waals surface area contributed by atoms with Gasteiger partial charge in [0.15, 0.2) is 0 Å². The van der Waals surface area contributed by atoms with Crippen LogP contribution in [-0.2, 0) is 10.0 Å². The maximum Gasteiger partial charge on any atom is 0.243 e. The van der Waals surface area contributed by atoms with Crippen LogP contribution in [0, 0.1) is 0 Å². The van der Waals surface area contributed by atoms with Gasteiger partial charge in [-0.1, -0.05) is 37.5 Å². The number of hydrogen-bond donors (Lipinski definition) is 0. The van der Waals surface area contributed by atoms with Crippen molar-refractivity contribution >= 4 is 21.6 Å². The molecule has 1 fully saturated rings. The van der Waals surface area contributed by atoms with E-state index in [9.17, 15) is 8.42 Å². The quantitative estimate of drug-likeness (QED) is 0.783. The minimum Gasteiger partial charge on any atom is -0.207 e. The minimum atomic E-state index is -3.41. The van der Waals surface area contributed by atoms with Crippen LogP contribution in [0.3, 0.4) is 0 Å². The van der Waals surface area contributed by atoms with Gasteiger partial charge in [0.05, 0.1) is 4.90 Å². The Kier molecular flexibility index (Phi) is 5.25. The van der Waals surface area contributed by atoms with Crippen LogP contribution >= 0.6 is 11.6 Å². The molecule has 0 radical (unpaired) electrons. The third-order valence-electron chi connectivity index (χ3n) is 3.64. The third kappa shape index (κ3) is 3.50. The largest absolute Gasteiger partial charge is 0.243 e. The van der Waals surface area contributed by atoms with E-state index in [1.807, 2.05) is 6.07 Å². The maximum absolute atomic E-state index is 12.7. The molecule has 3 nitrogen and oxygen atoms in total. The zero-order valence-corrected chi connectivity index (χ0v) is 12.5. The van der Waals surface area contributed by atoms with Crippen molar-refractivity contribution in [1.82, 2.24) is 4.31 Å². The Balaban J connectivity index is 2.27. The highest BCUT2D eigenvalue weighted by Crippen LogP contribution is 2.27. The summed E-state index contributed by atoms with van der Waals surface area (Å²) in [5.41, 5.74) is 0. The molecule has 0 spiro atoms. The van der Waals surface area contributed by atoms with Crippen LogP contribution in [-0.4, -0.2) is 31.2 Å². The molecule has 5 heteroatoms. The van der Waals surface area contributed by atoms with Crippen LogP contribution in [0.2, 0.25) is 0 Å². The number of hydrogen-bond acceptors (Lipinski definition) is 2. The molecular weight excluding hydrogens is 282 g/mol. The summed E-state index contributed by atoms with van der Waals surface area (Å²) >= 11 is 5.80. The topological polar surface area (TPSA) is 37.4 Å². The van der Waals surface area contributed by atoms with Gasteiger partial charge in [-0.3, -0.25) is 0 Å². The highest BCUT2D eigenvalue weighted by molar-refractivity contribution is 7.89. The van der Waals surface area contributed by atoms with E-state index in [0.29, 0.717) is 17.3 Å². The monoisotopic (exact) mass is 301 g/mol. The van der Waals surface area contributed by atoms with Gasteiger partial charge in [0.1, 0.15) is 0 Å².